The molecule has 0 spiro atoms. The smallest absolute Gasteiger partial charge is 0.248 e. The summed E-state index contributed by atoms with van der Waals surface area (Å²) in [6.07, 6.45) is 3.38. The zero-order chi connectivity index (χ0) is 22.2. The minimum absolute atomic E-state index is 0.0612. The van der Waals surface area contributed by atoms with Gasteiger partial charge in [-0.15, -0.1) is 0 Å². The number of benzene rings is 2. The lowest BCUT2D eigenvalue weighted by molar-refractivity contribution is -0.111. The highest BCUT2D eigenvalue weighted by atomic mass is 16.5. The van der Waals surface area contributed by atoms with Crippen LogP contribution in [0.15, 0.2) is 48.5 Å². The molecule has 1 N–H and O–H groups in total. The highest BCUT2D eigenvalue weighted by Gasteiger charge is 2.18. The summed E-state index contributed by atoms with van der Waals surface area (Å²) in [6.45, 7) is 11.2. The molecule has 6 heteroatoms. The number of piperazine rings is 1. The number of anilines is 2. The lowest BCUT2D eigenvalue weighted by Crippen LogP contribution is -2.46. The fourth-order valence-electron chi connectivity index (χ4n) is 3.65. The van der Waals surface area contributed by atoms with Crippen molar-refractivity contribution in [1.29, 1.82) is 0 Å². The topological polar surface area (TPSA) is 54.0 Å². The second-order valence-corrected chi connectivity index (χ2v) is 7.84. The highest BCUT2D eigenvalue weighted by Crippen LogP contribution is 2.30. The highest BCUT2D eigenvalue weighted by molar-refractivity contribution is 6.03. The third kappa shape index (κ3) is 6.25. The number of rotatable bonds is 8. The summed E-state index contributed by atoms with van der Waals surface area (Å²) in [5.74, 6) is 1.17. The van der Waals surface area contributed by atoms with E-state index in [2.05, 4.69) is 28.1 Å². The van der Waals surface area contributed by atoms with Crippen LogP contribution in [-0.2, 0) is 4.79 Å². The summed E-state index contributed by atoms with van der Waals surface area (Å²) >= 11 is 0. The van der Waals surface area contributed by atoms with Crippen LogP contribution < -0.4 is 19.7 Å². The van der Waals surface area contributed by atoms with Gasteiger partial charge in [-0.1, -0.05) is 25.1 Å². The van der Waals surface area contributed by atoms with Crippen LogP contribution in [0.25, 0.3) is 6.08 Å². The number of nitrogens with zero attached hydrogens (tertiary/aromatic N) is 2. The van der Waals surface area contributed by atoms with Gasteiger partial charge < -0.3 is 24.6 Å². The second-order valence-electron chi connectivity index (χ2n) is 7.84. The van der Waals surface area contributed by atoms with Crippen molar-refractivity contribution in [2.24, 2.45) is 0 Å². The van der Waals surface area contributed by atoms with E-state index in [4.69, 9.17) is 9.47 Å². The Morgan fingerprint density at radius 3 is 2.52 bits per heavy atom. The zero-order valence-corrected chi connectivity index (χ0v) is 18.9. The van der Waals surface area contributed by atoms with Gasteiger partial charge in [-0.25, -0.2) is 0 Å². The molecule has 2 aromatic carbocycles. The molecule has 3 rings (SSSR count). The molecule has 166 valence electrons. The monoisotopic (exact) mass is 423 g/mol. The van der Waals surface area contributed by atoms with E-state index in [1.54, 1.807) is 19.3 Å². The van der Waals surface area contributed by atoms with Crippen LogP contribution in [0.5, 0.6) is 11.5 Å². The minimum atomic E-state index is -0.166. The summed E-state index contributed by atoms with van der Waals surface area (Å²) in [6, 6.07) is 13.6. The molecule has 1 aliphatic heterocycles. The van der Waals surface area contributed by atoms with E-state index in [0.29, 0.717) is 11.5 Å². The van der Waals surface area contributed by atoms with Gasteiger partial charge in [0.1, 0.15) is 0 Å². The van der Waals surface area contributed by atoms with E-state index in [0.717, 1.165) is 49.7 Å². The van der Waals surface area contributed by atoms with E-state index in [-0.39, 0.29) is 12.0 Å². The molecule has 1 aliphatic rings. The van der Waals surface area contributed by atoms with Crippen molar-refractivity contribution in [3.63, 3.8) is 0 Å². The third-order valence-electron chi connectivity index (χ3n) is 5.30. The van der Waals surface area contributed by atoms with E-state index in [1.807, 2.05) is 50.2 Å². The van der Waals surface area contributed by atoms with Crippen LogP contribution in [0.2, 0.25) is 0 Å². The normalized spacial score (nSPS) is 14.8. The maximum Gasteiger partial charge on any atom is 0.248 e. The summed E-state index contributed by atoms with van der Waals surface area (Å²) in [7, 11) is 1.61. The fraction of sp³-hybridized carbons (Fsp3) is 0.400. The van der Waals surface area contributed by atoms with Crippen LogP contribution >= 0.6 is 0 Å². The van der Waals surface area contributed by atoms with Gasteiger partial charge >= 0.3 is 0 Å². The molecule has 0 bridgehead atoms. The zero-order valence-electron chi connectivity index (χ0n) is 18.9. The van der Waals surface area contributed by atoms with Gasteiger partial charge in [-0.3, -0.25) is 4.79 Å². The van der Waals surface area contributed by atoms with Crippen LogP contribution in [-0.4, -0.2) is 56.7 Å². The Bertz CT molecular complexity index is 903. The molecule has 1 amide bonds. The standard InChI is InChI=1S/C25H33N3O3/c1-5-27-14-16-28(17-15-27)22-9-7-6-8-21(22)26-25(29)13-11-20-10-12-23(31-19(2)3)24(18-20)30-4/h6-13,18-19H,5,14-17H2,1-4H3,(H,26,29)/b13-11+. The van der Waals surface area contributed by atoms with Crippen molar-refractivity contribution in [3.8, 4) is 11.5 Å². The molecule has 0 aromatic heterocycles. The Balaban J connectivity index is 1.67. The molecule has 1 saturated heterocycles. The molecule has 31 heavy (non-hydrogen) atoms. The van der Waals surface area contributed by atoms with Gasteiger partial charge in [0.15, 0.2) is 11.5 Å². The molecule has 1 heterocycles. The molecule has 0 aliphatic carbocycles. The van der Waals surface area contributed by atoms with Gasteiger partial charge in [0.2, 0.25) is 5.91 Å². The molecule has 6 nitrogen and oxygen atoms in total. The first-order chi connectivity index (χ1) is 15.0. The average Bonchev–Trinajstić information content (AvgIpc) is 2.78. The lowest BCUT2D eigenvalue weighted by Gasteiger charge is -2.36. The predicted octanol–water partition coefficient (Wildman–Crippen LogP) is 4.28. The third-order valence-corrected chi connectivity index (χ3v) is 5.30. The Morgan fingerprint density at radius 1 is 1.10 bits per heavy atom. The number of hydrogen-bond acceptors (Lipinski definition) is 5. The number of ether oxygens (including phenoxy) is 2. The number of carbonyl (C=O) groups excluding carboxylic acids is 1. The SMILES string of the molecule is CCN1CCN(c2ccccc2NC(=O)/C=C/c2ccc(OC(C)C)c(OC)c2)CC1. The van der Waals surface area contributed by atoms with Crippen LogP contribution in [0.4, 0.5) is 11.4 Å². The first-order valence-electron chi connectivity index (χ1n) is 10.9. The Hall–Kier alpha value is -2.99. The molecule has 2 aromatic rings. The summed E-state index contributed by atoms with van der Waals surface area (Å²) in [4.78, 5) is 17.4. The number of hydrogen-bond donors (Lipinski definition) is 1. The molecular weight excluding hydrogens is 390 g/mol. The molecule has 0 atom stereocenters. The fourth-order valence-corrected chi connectivity index (χ4v) is 3.65. The largest absolute Gasteiger partial charge is 0.493 e. The van der Waals surface area contributed by atoms with E-state index >= 15 is 0 Å². The summed E-state index contributed by atoms with van der Waals surface area (Å²) in [5.41, 5.74) is 2.77. The minimum Gasteiger partial charge on any atom is -0.493 e. The van der Waals surface area contributed by atoms with Gasteiger partial charge in [-0.05, 0) is 56.3 Å². The van der Waals surface area contributed by atoms with Crippen LogP contribution in [0, 0.1) is 0 Å². The lowest BCUT2D eigenvalue weighted by atomic mass is 10.1. The van der Waals surface area contributed by atoms with Crippen molar-refractivity contribution in [1.82, 2.24) is 4.90 Å². The van der Waals surface area contributed by atoms with Gasteiger partial charge in [0.05, 0.1) is 24.6 Å². The van der Waals surface area contributed by atoms with Crippen LogP contribution in [0.1, 0.15) is 26.3 Å². The second kappa shape index (κ2) is 10.9. The quantitative estimate of drug-likeness (QED) is 0.643. The van der Waals surface area contributed by atoms with Crippen molar-refractivity contribution in [2.75, 3.05) is 50.1 Å². The molecule has 0 radical (unpaired) electrons. The first-order valence-corrected chi connectivity index (χ1v) is 10.9. The van der Waals surface area contributed by atoms with Gasteiger partial charge in [0.25, 0.3) is 0 Å². The number of amides is 1. The predicted molar refractivity (Wildman–Crippen MR) is 127 cm³/mol. The van der Waals surface area contributed by atoms with Gasteiger partial charge in [0, 0.05) is 32.3 Å². The first kappa shape index (κ1) is 22.7. The maximum atomic E-state index is 12.6. The number of para-hydroxylation sites is 2. The van der Waals surface area contributed by atoms with E-state index < -0.39 is 0 Å². The van der Waals surface area contributed by atoms with Crippen molar-refractivity contribution in [3.05, 3.63) is 54.1 Å². The van der Waals surface area contributed by atoms with E-state index in [1.165, 1.54) is 0 Å². The summed E-state index contributed by atoms with van der Waals surface area (Å²) in [5, 5.41) is 3.03. The Labute approximate surface area is 185 Å². The van der Waals surface area contributed by atoms with Gasteiger partial charge in [-0.2, -0.15) is 0 Å². The summed E-state index contributed by atoms with van der Waals surface area (Å²) < 4.78 is 11.2. The van der Waals surface area contributed by atoms with Crippen molar-refractivity contribution >= 4 is 23.4 Å². The van der Waals surface area contributed by atoms with Crippen molar-refractivity contribution < 1.29 is 14.3 Å². The average molecular weight is 424 g/mol. The maximum absolute atomic E-state index is 12.6. The Morgan fingerprint density at radius 2 is 1.84 bits per heavy atom. The molecule has 0 saturated carbocycles. The van der Waals surface area contributed by atoms with E-state index in [9.17, 15) is 4.79 Å². The molecular formula is C25H33N3O3. The Kier molecular flexibility index (Phi) is 7.95. The number of carbonyl (C=O) groups is 1. The van der Waals surface area contributed by atoms with Crippen molar-refractivity contribution in [2.45, 2.75) is 26.9 Å². The molecule has 0 unspecified atom stereocenters. The molecule has 1 fully saturated rings. The number of likely N-dealkylation sites (N-methyl/N-ethyl adjacent to an activating group) is 1. The number of methoxy groups -OCH3 is 1. The number of nitrogens with one attached hydrogen (secondary N) is 1. The van der Waals surface area contributed by atoms with Crippen LogP contribution in [0.3, 0.4) is 0 Å².